The first-order valence-corrected chi connectivity index (χ1v) is 14.3. The highest BCUT2D eigenvalue weighted by atomic mass is 32.2. The van der Waals surface area contributed by atoms with Crippen LogP contribution in [0.2, 0.25) is 0 Å². The lowest BCUT2D eigenvalue weighted by molar-refractivity contribution is -0.139. The molecule has 0 radical (unpaired) electrons. The fraction of sp³-hybridized carbons (Fsp3) is 0.310. The molecule has 220 valence electrons. The molecule has 7 nitrogen and oxygen atoms in total. The van der Waals surface area contributed by atoms with E-state index < -0.39 is 52.0 Å². The van der Waals surface area contributed by atoms with Gasteiger partial charge in [-0.2, -0.15) is 13.2 Å². The molecule has 0 saturated heterocycles. The van der Waals surface area contributed by atoms with Crippen molar-refractivity contribution in [2.75, 3.05) is 17.4 Å². The minimum atomic E-state index is -4.76. The molecule has 0 fully saturated rings. The zero-order valence-corrected chi connectivity index (χ0v) is 23.6. The van der Waals surface area contributed by atoms with Crippen LogP contribution < -0.4 is 9.62 Å². The maximum Gasteiger partial charge on any atom is 0.416 e. The molecule has 3 aromatic carbocycles. The lowest BCUT2D eigenvalue weighted by Crippen LogP contribution is -2.51. The van der Waals surface area contributed by atoms with E-state index in [2.05, 4.69) is 5.32 Å². The third-order valence-corrected chi connectivity index (χ3v) is 8.12. The number of benzene rings is 3. The van der Waals surface area contributed by atoms with Gasteiger partial charge in [-0.3, -0.25) is 13.9 Å². The van der Waals surface area contributed by atoms with Gasteiger partial charge in [0.05, 0.1) is 16.1 Å². The summed E-state index contributed by atoms with van der Waals surface area (Å²) in [6, 6.07) is 13.4. The lowest BCUT2D eigenvalue weighted by atomic mass is 10.1. The number of carbonyl (C=O) groups excluding carboxylic acids is 2. The lowest BCUT2D eigenvalue weighted by Gasteiger charge is -2.32. The third kappa shape index (κ3) is 8.06. The molecular formula is C29H31F4N3O4S. The van der Waals surface area contributed by atoms with Gasteiger partial charge in [-0.1, -0.05) is 42.8 Å². The van der Waals surface area contributed by atoms with Crippen LogP contribution in [0.5, 0.6) is 0 Å². The number of nitrogens with zero attached hydrogens (tertiary/aromatic N) is 2. The monoisotopic (exact) mass is 593 g/mol. The van der Waals surface area contributed by atoms with Crippen molar-refractivity contribution in [3.8, 4) is 0 Å². The highest BCUT2D eigenvalue weighted by Gasteiger charge is 2.35. The minimum Gasteiger partial charge on any atom is -0.354 e. The topological polar surface area (TPSA) is 86.8 Å². The molecule has 0 saturated carbocycles. The second-order valence-electron chi connectivity index (χ2n) is 9.49. The van der Waals surface area contributed by atoms with Crippen LogP contribution >= 0.6 is 0 Å². The summed E-state index contributed by atoms with van der Waals surface area (Å²) < 4.78 is 82.2. The summed E-state index contributed by atoms with van der Waals surface area (Å²) in [5.41, 5.74) is -0.259. The number of hydrogen-bond acceptors (Lipinski definition) is 4. The van der Waals surface area contributed by atoms with Gasteiger partial charge in [-0.05, 0) is 68.3 Å². The number of carbonyl (C=O) groups is 2. The number of anilines is 1. The van der Waals surface area contributed by atoms with E-state index in [0.29, 0.717) is 28.9 Å². The molecule has 0 bridgehead atoms. The van der Waals surface area contributed by atoms with Gasteiger partial charge in [-0.15, -0.1) is 0 Å². The maximum absolute atomic E-state index is 13.8. The van der Waals surface area contributed by atoms with Gasteiger partial charge in [-0.25, -0.2) is 12.8 Å². The molecule has 0 aliphatic rings. The molecule has 0 aliphatic carbocycles. The van der Waals surface area contributed by atoms with Gasteiger partial charge in [0.25, 0.3) is 10.0 Å². The summed E-state index contributed by atoms with van der Waals surface area (Å²) in [7, 11) is -4.53. The Kier molecular flexibility index (Phi) is 10.1. The van der Waals surface area contributed by atoms with Gasteiger partial charge in [0.15, 0.2) is 0 Å². The molecule has 1 atom stereocenters. The second-order valence-corrected chi connectivity index (χ2v) is 11.4. The molecule has 0 heterocycles. The zero-order valence-electron chi connectivity index (χ0n) is 22.8. The number of sulfonamides is 1. The van der Waals surface area contributed by atoms with E-state index in [1.807, 2.05) is 6.92 Å². The van der Waals surface area contributed by atoms with Crippen LogP contribution in [0.1, 0.15) is 37.0 Å². The molecule has 2 amide bonds. The Morgan fingerprint density at radius 1 is 0.976 bits per heavy atom. The van der Waals surface area contributed by atoms with Gasteiger partial charge < -0.3 is 10.2 Å². The Hall–Kier alpha value is -3.93. The SMILES string of the molecule is CCCNC(=O)[C@H](C)N(Cc1ccc(F)cc1)C(=O)CN(c1cccc(C(F)(F)F)c1)S(=O)(=O)c1ccc(C)cc1. The van der Waals surface area contributed by atoms with E-state index in [1.54, 1.807) is 6.92 Å². The van der Waals surface area contributed by atoms with E-state index >= 15 is 0 Å². The van der Waals surface area contributed by atoms with E-state index in [1.165, 1.54) is 55.5 Å². The van der Waals surface area contributed by atoms with Crippen molar-refractivity contribution in [1.82, 2.24) is 10.2 Å². The Labute approximate surface area is 236 Å². The largest absolute Gasteiger partial charge is 0.416 e. The fourth-order valence-electron chi connectivity index (χ4n) is 3.97. The number of nitrogens with one attached hydrogen (secondary N) is 1. The van der Waals surface area contributed by atoms with Gasteiger partial charge >= 0.3 is 6.18 Å². The second kappa shape index (κ2) is 13.2. The average molecular weight is 594 g/mol. The highest BCUT2D eigenvalue weighted by molar-refractivity contribution is 7.92. The molecule has 0 aromatic heterocycles. The van der Waals surface area contributed by atoms with Crippen molar-refractivity contribution in [1.29, 1.82) is 0 Å². The van der Waals surface area contributed by atoms with E-state index in [9.17, 15) is 35.6 Å². The van der Waals surface area contributed by atoms with Crippen LogP contribution in [0.25, 0.3) is 0 Å². The van der Waals surface area contributed by atoms with Crippen LogP contribution in [0.15, 0.2) is 77.7 Å². The van der Waals surface area contributed by atoms with Crippen LogP contribution in [0.3, 0.4) is 0 Å². The summed E-state index contributed by atoms with van der Waals surface area (Å²) in [6.45, 7) is 4.29. The van der Waals surface area contributed by atoms with Gasteiger partial charge in [0, 0.05) is 13.1 Å². The van der Waals surface area contributed by atoms with Gasteiger partial charge in [0.2, 0.25) is 11.8 Å². The smallest absolute Gasteiger partial charge is 0.354 e. The van der Waals surface area contributed by atoms with Crippen molar-refractivity contribution < 1.29 is 35.6 Å². The number of alkyl halides is 3. The summed E-state index contributed by atoms with van der Waals surface area (Å²) in [4.78, 5) is 27.5. The molecule has 41 heavy (non-hydrogen) atoms. The van der Waals surface area contributed by atoms with Crippen molar-refractivity contribution in [3.63, 3.8) is 0 Å². The van der Waals surface area contributed by atoms with E-state index in [4.69, 9.17) is 0 Å². The normalized spacial score (nSPS) is 12.5. The summed E-state index contributed by atoms with van der Waals surface area (Å²) in [5.74, 6) is -1.86. The Morgan fingerprint density at radius 3 is 2.20 bits per heavy atom. The molecule has 1 N–H and O–H groups in total. The first kappa shape index (κ1) is 31.6. The Balaban J connectivity index is 2.07. The van der Waals surface area contributed by atoms with Crippen LogP contribution in [0, 0.1) is 12.7 Å². The number of aryl methyl sites for hydroxylation is 1. The molecule has 0 spiro atoms. The first-order chi connectivity index (χ1) is 19.2. The van der Waals surface area contributed by atoms with Crippen molar-refractivity contribution in [3.05, 3.63) is 95.3 Å². The van der Waals surface area contributed by atoms with Crippen LogP contribution in [-0.2, 0) is 32.3 Å². The predicted molar refractivity (Wildman–Crippen MR) is 147 cm³/mol. The fourth-order valence-corrected chi connectivity index (χ4v) is 5.37. The summed E-state index contributed by atoms with van der Waals surface area (Å²) in [5, 5.41) is 2.68. The predicted octanol–water partition coefficient (Wildman–Crippen LogP) is 5.29. The van der Waals surface area contributed by atoms with E-state index in [-0.39, 0.29) is 17.1 Å². The molecule has 3 aromatic rings. The average Bonchev–Trinajstić information content (AvgIpc) is 2.93. The number of halogens is 4. The maximum atomic E-state index is 13.8. The molecule has 0 unspecified atom stereocenters. The third-order valence-electron chi connectivity index (χ3n) is 6.33. The van der Waals surface area contributed by atoms with Crippen molar-refractivity contribution >= 4 is 27.5 Å². The minimum absolute atomic E-state index is 0.180. The Bertz CT molecular complexity index is 1460. The molecule has 12 heteroatoms. The summed E-state index contributed by atoms with van der Waals surface area (Å²) in [6.07, 6.45) is -4.14. The summed E-state index contributed by atoms with van der Waals surface area (Å²) >= 11 is 0. The number of rotatable bonds is 11. The first-order valence-electron chi connectivity index (χ1n) is 12.8. The number of hydrogen-bond donors (Lipinski definition) is 1. The molecular weight excluding hydrogens is 562 g/mol. The van der Waals surface area contributed by atoms with E-state index in [0.717, 1.165) is 28.7 Å². The standard InChI is InChI=1S/C29H31F4N3O4S/c1-4-16-34-28(38)21(3)35(18-22-10-12-24(30)13-11-22)27(37)19-36(25-7-5-6-23(17-25)29(31,32)33)41(39,40)26-14-8-20(2)9-15-26/h5-15,17,21H,4,16,18-19H2,1-3H3,(H,34,38)/t21-/m0/s1. The van der Waals surface area contributed by atoms with Crippen LogP contribution in [0.4, 0.5) is 23.2 Å². The number of amides is 2. The van der Waals surface area contributed by atoms with Crippen LogP contribution in [-0.4, -0.2) is 44.3 Å². The Morgan fingerprint density at radius 2 is 1.61 bits per heavy atom. The van der Waals surface area contributed by atoms with Gasteiger partial charge in [0.1, 0.15) is 18.4 Å². The molecule has 0 aliphatic heterocycles. The van der Waals surface area contributed by atoms with Crippen molar-refractivity contribution in [2.24, 2.45) is 0 Å². The highest BCUT2D eigenvalue weighted by Crippen LogP contribution is 2.33. The van der Waals surface area contributed by atoms with Crippen molar-refractivity contribution in [2.45, 2.75) is 50.9 Å². The molecule has 3 rings (SSSR count). The quantitative estimate of drug-likeness (QED) is 0.306. The zero-order chi connectivity index (χ0) is 30.4.